The van der Waals surface area contributed by atoms with Gasteiger partial charge < -0.3 is 29.5 Å². The summed E-state index contributed by atoms with van der Waals surface area (Å²) in [5, 5.41) is 30.7. The Morgan fingerprint density at radius 1 is 1.06 bits per heavy atom. The Labute approximate surface area is 183 Å². The lowest BCUT2D eigenvalue weighted by Crippen LogP contribution is -2.12. The monoisotopic (exact) mass is 443 g/mol. The highest BCUT2D eigenvalue weighted by molar-refractivity contribution is 8.18. The minimum atomic E-state index is -0.727. The molecular formula is C22H21NO7S. The van der Waals surface area contributed by atoms with Gasteiger partial charge in [0.2, 0.25) is 0 Å². The van der Waals surface area contributed by atoms with E-state index in [1.54, 1.807) is 25.1 Å². The minimum Gasteiger partial charge on any atom is -0.508 e. The molecule has 1 heterocycles. The van der Waals surface area contributed by atoms with Crippen LogP contribution in [-0.2, 0) is 9.53 Å². The summed E-state index contributed by atoms with van der Waals surface area (Å²) in [7, 11) is 3.02. The van der Waals surface area contributed by atoms with E-state index in [4.69, 9.17) is 14.2 Å². The summed E-state index contributed by atoms with van der Waals surface area (Å²) in [5.41, 5.74) is 0.647. The summed E-state index contributed by atoms with van der Waals surface area (Å²) >= 11 is 1.03. The van der Waals surface area contributed by atoms with Gasteiger partial charge in [0, 0.05) is 11.6 Å². The first-order valence-corrected chi connectivity index (χ1v) is 10.0. The zero-order chi connectivity index (χ0) is 22.5. The topological polar surface area (TPSA) is 118 Å². The van der Waals surface area contributed by atoms with Gasteiger partial charge in [0.05, 0.1) is 31.4 Å². The summed E-state index contributed by atoms with van der Waals surface area (Å²) < 4.78 is 15.6. The highest BCUT2D eigenvalue weighted by Gasteiger charge is 2.33. The van der Waals surface area contributed by atoms with Crippen LogP contribution in [0.25, 0.3) is 6.08 Å². The van der Waals surface area contributed by atoms with Gasteiger partial charge in [-0.25, -0.2) is 9.79 Å². The van der Waals surface area contributed by atoms with Gasteiger partial charge in [-0.3, -0.25) is 0 Å². The summed E-state index contributed by atoms with van der Waals surface area (Å²) in [6.45, 7) is 1.78. The first-order valence-electron chi connectivity index (χ1n) is 9.21. The number of phenols is 2. The van der Waals surface area contributed by atoms with Gasteiger partial charge in [-0.2, -0.15) is 0 Å². The molecule has 0 amide bonds. The summed E-state index contributed by atoms with van der Waals surface area (Å²) in [4.78, 5) is 17.3. The number of thioether (sulfide) groups is 1. The van der Waals surface area contributed by atoms with E-state index in [2.05, 4.69) is 4.99 Å². The molecule has 0 radical (unpaired) electrons. The van der Waals surface area contributed by atoms with Crippen molar-refractivity contribution in [3.8, 4) is 23.0 Å². The van der Waals surface area contributed by atoms with Crippen LogP contribution in [0.5, 0.6) is 23.0 Å². The van der Waals surface area contributed by atoms with E-state index < -0.39 is 5.97 Å². The highest BCUT2D eigenvalue weighted by atomic mass is 32.2. The van der Waals surface area contributed by atoms with Crippen molar-refractivity contribution in [2.24, 2.45) is 4.99 Å². The third-order valence-corrected chi connectivity index (χ3v) is 5.29. The second kappa shape index (κ2) is 9.48. The van der Waals surface area contributed by atoms with E-state index in [1.807, 2.05) is 0 Å². The maximum absolute atomic E-state index is 12.5. The van der Waals surface area contributed by atoms with Crippen molar-refractivity contribution in [2.45, 2.75) is 6.92 Å². The van der Waals surface area contributed by atoms with Gasteiger partial charge in [-0.1, -0.05) is 11.8 Å². The molecule has 2 aromatic rings. The van der Waals surface area contributed by atoms with Gasteiger partial charge in [-0.15, -0.1) is 0 Å². The molecule has 31 heavy (non-hydrogen) atoms. The fourth-order valence-electron chi connectivity index (χ4n) is 2.80. The van der Waals surface area contributed by atoms with Crippen molar-refractivity contribution in [1.29, 1.82) is 0 Å². The van der Waals surface area contributed by atoms with E-state index in [1.165, 1.54) is 38.5 Å². The van der Waals surface area contributed by atoms with E-state index in [0.29, 0.717) is 17.2 Å². The third kappa shape index (κ3) is 4.77. The van der Waals surface area contributed by atoms with Crippen LogP contribution in [0.4, 0.5) is 5.69 Å². The minimum absolute atomic E-state index is 0.0547. The number of esters is 1. The number of benzene rings is 2. The molecule has 1 aliphatic rings. The summed E-state index contributed by atoms with van der Waals surface area (Å²) in [5.74, 6) is -0.226. The number of aromatic hydroxyl groups is 2. The Morgan fingerprint density at radius 2 is 1.81 bits per heavy atom. The zero-order valence-electron chi connectivity index (χ0n) is 17.1. The maximum Gasteiger partial charge on any atom is 0.344 e. The molecule has 0 aromatic heterocycles. The number of aliphatic hydroxyl groups excluding tert-OH is 1. The van der Waals surface area contributed by atoms with Crippen molar-refractivity contribution in [2.75, 3.05) is 20.8 Å². The van der Waals surface area contributed by atoms with Crippen molar-refractivity contribution in [3.63, 3.8) is 0 Å². The predicted octanol–water partition coefficient (Wildman–Crippen LogP) is 4.31. The number of phenolic OH excluding ortho intramolecular Hbond substituents is 2. The molecule has 0 bridgehead atoms. The molecule has 162 valence electrons. The quantitative estimate of drug-likeness (QED) is 0.447. The Bertz CT molecular complexity index is 1110. The Kier molecular flexibility index (Phi) is 6.76. The molecule has 0 fully saturated rings. The van der Waals surface area contributed by atoms with Gasteiger partial charge in [0.25, 0.3) is 0 Å². The predicted molar refractivity (Wildman–Crippen MR) is 118 cm³/mol. The third-order valence-electron chi connectivity index (χ3n) is 4.27. The second-order valence-corrected chi connectivity index (χ2v) is 7.28. The largest absolute Gasteiger partial charge is 0.508 e. The SMILES string of the molecule is CCOC(=O)C1=C(O)/C(=C\c2cc(O)ccc2O)SC1=Nc1ccc(OC)c(OC)c1. The number of aliphatic hydroxyl groups is 1. The number of carbonyl (C=O) groups is 1. The van der Waals surface area contributed by atoms with Gasteiger partial charge in [-0.05, 0) is 43.3 Å². The molecule has 0 atom stereocenters. The average Bonchev–Trinajstić information content (AvgIpc) is 3.05. The van der Waals surface area contributed by atoms with E-state index in [-0.39, 0.29) is 45.0 Å². The number of nitrogens with zero attached hydrogens (tertiary/aromatic N) is 1. The van der Waals surface area contributed by atoms with Gasteiger partial charge in [0.1, 0.15) is 27.9 Å². The summed E-state index contributed by atoms with van der Waals surface area (Å²) in [6, 6.07) is 8.99. The number of rotatable bonds is 6. The van der Waals surface area contributed by atoms with E-state index in [9.17, 15) is 20.1 Å². The number of methoxy groups -OCH3 is 2. The molecule has 3 rings (SSSR count). The Balaban J connectivity index is 2.08. The maximum atomic E-state index is 12.5. The zero-order valence-corrected chi connectivity index (χ0v) is 17.9. The first kappa shape index (κ1) is 22.1. The lowest BCUT2D eigenvalue weighted by Gasteiger charge is -2.08. The molecule has 0 unspecified atom stereocenters. The van der Waals surface area contributed by atoms with Gasteiger partial charge >= 0.3 is 5.97 Å². The normalized spacial score (nSPS) is 16.1. The van der Waals surface area contributed by atoms with Gasteiger partial charge in [0.15, 0.2) is 11.5 Å². The first-order chi connectivity index (χ1) is 14.9. The Hall–Kier alpha value is -3.59. The average molecular weight is 443 g/mol. The number of ether oxygens (including phenoxy) is 3. The standard InChI is InChI=1S/C22H21NO7S/c1-4-30-22(27)19-20(26)18(10-12-9-14(24)6-7-15(12)25)31-21(19)23-13-5-8-16(28-2)17(11-13)29-3/h5-11,24-26H,4H2,1-3H3/b18-10+,23-21?. The second-order valence-electron chi connectivity index (χ2n) is 6.25. The van der Waals surface area contributed by atoms with Crippen molar-refractivity contribution < 1.29 is 34.3 Å². The van der Waals surface area contributed by atoms with Crippen molar-refractivity contribution >= 4 is 34.5 Å². The Morgan fingerprint density at radius 3 is 2.48 bits per heavy atom. The van der Waals surface area contributed by atoms with Crippen LogP contribution in [0, 0.1) is 0 Å². The number of hydrogen-bond donors (Lipinski definition) is 3. The molecule has 0 spiro atoms. The molecule has 1 aliphatic heterocycles. The fourth-order valence-corrected chi connectivity index (χ4v) is 3.83. The van der Waals surface area contributed by atoms with Crippen LogP contribution in [0.3, 0.4) is 0 Å². The number of carbonyl (C=O) groups excluding carboxylic acids is 1. The van der Waals surface area contributed by atoms with Crippen LogP contribution >= 0.6 is 11.8 Å². The van der Waals surface area contributed by atoms with E-state index >= 15 is 0 Å². The molecule has 9 heteroatoms. The molecule has 8 nitrogen and oxygen atoms in total. The van der Waals surface area contributed by atoms with Crippen LogP contribution in [-0.4, -0.2) is 47.2 Å². The van der Waals surface area contributed by atoms with Crippen molar-refractivity contribution in [3.05, 3.63) is 58.2 Å². The molecule has 0 aliphatic carbocycles. The lowest BCUT2D eigenvalue weighted by molar-refractivity contribution is -0.138. The molecule has 0 saturated carbocycles. The van der Waals surface area contributed by atoms with Crippen molar-refractivity contribution in [1.82, 2.24) is 0 Å². The van der Waals surface area contributed by atoms with Crippen LogP contribution in [0.15, 0.2) is 57.6 Å². The number of hydrogen-bond acceptors (Lipinski definition) is 9. The fraction of sp³-hybridized carbons (Fsp3) is 0.182. The molecule has 2 aromatic carbocycles. The molecular weight excluding hydrogens is 422 g/mol. The smallest absolute Gasteiger partial charge is 0.344 e. The van der Waals surface area contributed by atoms with Crippen LogP contribution in [0.2, 0.25) is 0 Å². The summed E-state index contributed by atoms with van der Waals surface area (Å²) in [6.07, 6.45) is 1.45. The molecule has 3 N–H and O–H groups in total. The lowest BCUT2D eigenvalue weighted by atomic mass is 10.1. The number of aliphatic imine (C=N–C) groups is 1. The van der Waals surface area contributed by atoms with Crippen LogP contribution in [0.1, 0.15) is 12.5 Å². The highest BCUT2D eigenvalue weighted by Crippen LogP contribution is 2.42. The van der Waals surface area contributed by atoms with E-state index in [0.717, 1.165) is 11.8 Å². The van der Waals surface area contributed by atoms with Crippen LogP contribution < -0.4 is 9.47 Å². The molecule has 0 saturated heterocycles.